The molecule has 1 heteroatoms. The number of aryl methyl sites for hydroxylation is 2. The smallest absolute Gasteiger partial charge is 0.0711 e. The Hall–Kier alpha value is -2.41. The number of pyridine rings is 1. The summed E-state index contributed by atoms with van der Waals surface area (Å²) in [5, 5.41) is 0. The Kier molecular flexibility index (Phi) is 3.34. The molecule has 0 atom stereocenters. The second kappa shape index (κ2) is 5.30. The number of aromatic nitrogens is 1. The van der Waals surface area contributed by atoms with Gasteiger partial charge >= 0.3 is 0 Å². The largest absolute Gasteiger partial charge is 0.253 e. The van der Waals surface area contributed by atoms with Crippen LogP contribution in [0.15, 0.2) is 66.7 Å². The average molecular weight is 259 g/mol. The Bertz CT molecular complexity index is 730. The maximum atomic E-state index is 4.67. The van der Waals surface area contributed by atoms with Crippen LogP contribution in [0.2, 0.25) is 0 Å². The molecular weight excluding hydrogens is 242 g/mol. The Balaban J connectivity index is 2.12. The van der Waals surface area contributed by atoms with E-state index >= 15 is 0 Å². The first-order valence-corrected chi connectivity index (χ1v) is 6.83. The first-order chi connectivity index (χ1) is 9.72. The van der Waals surface area contributed by atoms with Crippen LogP contribution in [0, 0.1) is 13.8 Å². The molecule has 0 amide bonds. The standard InChI is InChI=1S/C19H17N/c1-14-7-6-10-17(11-14)19-13-18(12-15(2)20-19)16-8-4-3-5-9-16/h3-13H,1-2H3. The normalized spacial score (nSPS) is 10.5. The van der Waals surface area contributed by atoms with Crippen LogP contribution in [0.5, 0.6) is 0 Å². The third kappa shape index (κ3) is 2.62. The van der Waals surface area contributed by atoms with Crippen LogP contribution < -0.4 is 0 Å². The molecule has 0 aliphatic heterocycles. The fourth-order valence-electron chi connectivity index (χ4n) is 2.42. The van der Waals surface area contributed by atoms with Crippen molar-refractivity contribution in [1.29, 1.82) is 0 Å². The second-order valence-electron chi connectivity index (χ2n) is 5.12. The zero-order valence-electron chi connectivity index (χ0n) is 11.8. The minimum Gasteiger partial charge on any atom is -0.253 e. The van der Waals surface area contributed by atoms with Crippen LogP contribution >= 0.6 is 0 Å². The van der Waals surface area contributed by atoms with Gasteiger partial charge in [-0.2, -0.15) is 0 Å². The zero-order valence-corrected chi connectivity index (χ0v) is 11.8. The van der Waals surface area contributed by atoms with Gasteiger partial charge in [0.05, 0.1) is 5.69 Å². The Morgan fingerprint density at radius 2 is 1.40 bits per heavy atom. The van der Waals surface area contributed by atoms with Crippen LogP contribution in [0.1, 0.15) is 11.3 Å². The SMILES string of the molecule is Cc1cccc(-c2cc(-c3ccccc3)cc(C)n2)c1. The van der Waals surface area contributed by atoms with Crippen molar-refractivity contribution in [3.05, 3.63) is 78.0 Å². The van der Waals surface area contributed by atoms with Gasteiger partial charge in [-0.1, -0.05) is 54.1 Å². The summed E-state index contributed by atoms with van der Waals surface area (Å²) in [4.78, 5) is 4.67. The molecule has 0 fully saturated rings. The van der Waals surface area contributed by atoms with Crippen LogP contribution in [-0.2, 0) is 0 Å². The van der Waals surface area contributed by atoms with E-state index in [4.69, 9.17) is 0 Å². The van der Waals surface area contributed by atoms with E-state index in [1.54, 1.807) is 0 Å². The van der Waals surface area contributed by atoms with E-state index in [1.165, 1.54) is 22.3 Å². The molecule has 0 aliphatic carbocycles. The molecular formula is C19H17N. The van der Waals surface area contributed by atoms with Crippen molar-refractivity contribution in [3.8, 4) is 22.4 Å². The van der Waals surface area contributed by atoms with E-state index < -0.39 is 0 Å². The summed E-state index contributed by atoms with van der Waals surface area (Å²) in [6.07, 6.45) is 0. The maximum Gasteiger partial charge on any atom is 0.0711 e. The molecule has 1 nitrogen and oxygen atoms in total. The topological polar surface area (TPSA) is 12.9 Å². The molecule has 3 rings (SSSR count). The van der Waals surface area contributed by atoms with E-state index in [1.807, 2.05) is 13.0 Å². The van der Waals surface area contributed by atoms with Crippen molar-refractivity contribution in [3.63, 3.8) is 0 Å². The molecule has 0 unspecified atom stereocenters. The van der Waals surface area contributed by atoms with E-state index in [9.17, 15) is 0 Å². The van der Waals surface area contributed by atoms with E-state index in [0.29, 0.717) is 0 Å². The van der Waals surface area contributed by atoms with Gasteiger partial charge in [0.15, 0.2) is 0 Å². The van der Waals surface area contributed by atoms with Gasteiger partial charge in [0.2, 0.25) is 0 Å². The Morgan fingerprint density at radius 3 is 2.15 bits per heavy atom. The summed E-state index contributed by atoms with van der Waals surface area (Å²) in [7, 11) is 0. The van der Waals surface area contributed by atoms with Gasteiger partial charge < -0.3 is 0 Å². The monoisotopic (exact) mass is 259 g/mol. The molecule has 2 aromatic carbocycles. The van der Waals surface area contributed by atoms with Crippen molar-refractivity contribution in [2.24, 2.45) is 0 Å². The van der Waals surface area contributed by atoms with Gasteiger partial charge in [-0.15, -0.1) is 0 Å². The second-order valence-corrected chi connectivity index (χ2v) is 5.12. The Labute approximate surface area is 119 Å². The molecule has 0 spiro atoms. The van der Waals surface area contributed by atoms with E-state index in [0.717, 1.165) is 11.4 Å². The van der Waals surface area contributed by atoms with Gasteiger partial charge in [-0.05, 0) is 43.2 Å². The molecule has 0 saturated heterocycles. The molecule has 20 heavy (non-hydrogen) atoms. The lowest BCUT2D eigenvalue weighted by Crippen LogP contribution is -1.90. The molecule has 98 valence electrons. The number of nitrogens with zero attached hydrogens (tertiary/aromatic N) is 1. The molecule has 1 aromatic heterocycles. The van der Waals surface area contributed by atoms with Crippen LogP contribution in [0.25, 0.3) is 22.4 Å². The number of benzene rings is 2. The summed E-state index contributed by atoms with van der Waals surface area (Å²) in [5.74, 6) is 0. The third-order valence-corrected chi connectivity index (χ3v) is 3.37. The van der Waals surface area contributed by atoms with Crippen molar-refractivity contribution in [2.75, 3.05) is 0 Å². The number of rotatable bonds is 2. The van der Waals surface area contributed by atoms with Gasteiger partial charge in [0.1, 0.15) is 0 Å². The third-order valence-electron chi connectivity index (χ3n) is 3.37. The number of hydrogen-bond acceptors (Lipinski definition) is 1. The predicted molar refractivity (Wildman–Crippen MR) is 84.6 cm³/mol. The number of hydrogen-bond donors (Lipinski definition) is 0. The molecule has 1 heterocycles. The molecule has 0 bridgehead atoms. The van der Waals surface area contributed by atoms with Crippen molar-refractivity contribution in [2.45, 2.75) is 13.8 Å². The van der Waals surface area contributed by atoms with Crippen molar-refractivity contribution < 1.29 is 0 Å². The highest BCUT2D eigenvalue weighted by atomic mass is 14.7. The van der Waals surface area contributed by atoms with Gasteiger partial charge in [0, 0.05) is 11.3 Å². The van der Waals surface area contributed by atoms with Gasteiger partial charge in [-0.25, -0.2) is 0 Å². The zero-order chi connectivity index (χ0) is 13.9. The fourth-order valence-corrected chi connectivity index (χ4v) is 2.42. The van der Waals surface area contributed by atoms with Crippen LogP contribution in [0.4, 0.5) is 0 Å². The summed E-state index contributed by atoms with van der Waals surface area (Å²) >= 11 is 0. The van der Waals surface area contributed by atoms with Crippen LogP contribution in [-0.4, -0.2) is 4.98 Å². The fraction of sp³-hybridized carbons (Fsp3) is 0.105. The predicted octanol–water partition coefficient (Wildman–Crippen LogP) is 5.03. The lowest BCUT2D eigenvalue weighted by molar-refractivity contribution is 1.20. The highest BCUT2D eigenvalue weighted by Gasteiger charge is 2.05. The van der Waals surface area contributed by atoms with E-state index in [2.05, 4.69) is 72.6 Å². The van der Waals surface area contributed by atoms with E-state index in [-0.39, 0.29) is 0 Å². The first kappa shape index (κ1) is 12.6. The summed E-state index contributed by atoms with van der Waals surface area (Å²) in [6.45, 7) is 4.16. The van der Waals surface area contributed by atoms with Crippen molar-refractivity contribution >= 4 is 0 Å². The minimum atomic E-state index is 1.03. The molecule has 3 aromatic rings. The molecule has 0 saturated carbocycles. The molecule has 0 N–H and O–H groups in total. The summed E-state index contributed by atoms with van der Waals surface area (Å²) in [6, 6.07) is 23.2. The maximum absolute atomic E-state index is 4.67. The molecule has 0 radical (unpaired) electrons. The summed E-state index contributed by atoms with van der Waals surface area (Å²) in [5.41, 5.74) is 6.95. The van der Waals surface area contributed by atoms with Gasteiger partial charge in [-0.3, -0.25) is 4.98 Å². The lowest BCUT2D eigenvalue weighted by atomic mass is 10.0. The van der Waals surface area contributed by atoms with Crippen molar-refractivity contribution in [1.82, 2.24) is 4.98 Å². The molecule has 0 aliphatic rings. The quantitative estimate of drug-likeness (QED) is 0.628. The first-order valence-electron chi connectivity index (χ1n) is 6.83. The minimum absolute atomic E-state index is 1.03. The highest BCUT2D eigenvalue weighted by Crippen LogP contribution is 2.26. The van der Waals surface area contributed by atoms with Gasteiger partial charge in [0.25, 0.3) is 0 Å². The Morgan fingerprint density at radius 1 is 0.650 bits per heavy atom. The van der Waals surface area contributed by atoms with Crippen LogP contribution in [0.3, 0.4) is 0 Å². The highest BCUT2D eigenvalue weighted by molar-refractivity contribution is 5.71. The average Bonchev–Trinajstić information content (AvgIpc) is 2.47. The lowest BCUT2D eigenvalue weighted by Gasteiger charge is -2.08. The summed E-state index contributed by atoms with van der Waals surface area (Å²) < 4.78 is 0.